The van der Waals surface area contributed by atoms with Crippen LogP contribution in [0.5, 0.6) is 0 Å². The number of aliphatic hydroxyl groups is 1. The summed E-state index contributed by atoms with van der Waals surface area (Å²) in [7, 11) is 0. The van der Waals surface area contributed by atoms with Crippen LogP contribution >= 0.6 is 23.1 Å². The van der Waals surface area contributed by atoms with Gasteiger partial charge in [-0.05, 0) is 31.5 Å². The van der Waals surface area contributed by atoms with Crippen molar-refractivity contribution in [3.63, 3.8) is 0 Å². The van der Waals surface area contributed by atoms with Crippen molar-refractivity contribution in [1.82, 2.24) is 0 Å². The van der Waals surface area contributed by atoms with Gasteiger partial charge in [-0.3, -0.25) is 0 Å². The zero-order valence-corrected chi connectivity index (χ0v) is 13.4. The Morgan fingerprint density at radius 2 is 2.10 bits per heavy atom. The molecular formula is C17H18OS2. The van der Waals surface area contributed by atoms with Crippen LogP contribution in [-0.2, 0) is 5.75 Å². The fourth-order valence-electron chi connectivity index (χ4n) is 1.85. The Balaban J connectivity index is 1.96. The van der Waals surface area contributed by atoms with Crippen LogP contribution in [-0.4, -0.2) is 11.7 Å². The summed E-state index contributed by atoms with van der Waals surface area (Å²) in [6.45, 7) is 4.42. The van der Waals surface area contributed by atoms with E-state index in [1.54, 1.807) is 11.3 Å². The third-order valence-electron chi connectivity index (χ3n) is 2.82. The van der Waals surface area contributed by atoms with Gasteiger partial charge >= 0.3 is 0 Å². The van der Waals surface area contributed by atoms with E-state index in [1.165, 1.54) is 20.9 Å². The number of aryl methyl sites for hydroxylation is 2. The van der Waals surface area contributed by atoms with E-state index in [1.807, 2.05) is 11.8 Å². The predicted octanol–water partition coefficient (Wildman–Crippen LogP) is 4.39. The molecule has 0 fully saturated rings. The smallest absolute Gasteiger partial charge is 0.0540 e. The van der Waals surface area contributed by atoms with Crippen molar-refractivity contribution >= 4 is 23.1 Å². The Bertz CT molecular complexity index is 632. The Kier molecular flexibility index (Phi) is 5.72. The fourth-order valence-corrected chi connectivity index (χ4v) is 3.73. The highest BCUT2D eigenvalue weighted by atomic mass is 32.2. The van der Waals surface area contributed by atoms with Crippen LogP contribution in [0.25, 0.3) is 0 Å². The van der Waals surface area contributed by atoms with Crippen LogP contribution in [0.4, 0.5) is 0 Å². The highest BCUT2D eigenvalue weighted by Gasteiger charge is 2.02. The Morgan fingerprint density at radius 3 is 2.85 bits per heavy atom. The van der Waals surface area contributed by atoms with Crippen LogP contribution < -0.4 is 0 Å². The zero-order chi connectivity index (χ0) is 14.4. The molecule has 3 heteroatoms. The first-order valence-electron chi connectivity index (χ1n) is 6.56. The van der Waals surface area contributed by atoms with Crippen molar-refractivity contribution in [1.29, 1.82) is 0 Å². The maximum atomic E-state index is 8.70. The van der Waals surface area contributed by atoms with E-state index in [2.05, 4.69) is 55.3 Å². The van der Waals surface area contributed by atoms with E-state index in [-0.39, 0.29) is 6.61 Å². The standard InChI is InChI=1S/C17H18OS2/c1-13-6-7-17(14(2)9-13)20-12-16-10-15(11-19-16)5-3-4-8-18/h6-7,9-11,18H,4,8,12H2,1-2H3. The van der Waals surface area contributed by atoms with E-state index < -0.39 is 0 Å². The molecule has 0 saturated carbocycles. The topological polar surface area (TPSA) is 20.2 Å². The average Bonchev–Trinajstić information content (AvgIpc) is 2.86. The lowest BCUT2D eigenvalue weighted by molar-refractivity contribution is 0.305. The second-order valence-corrected chi connectivity index (χ2v) is 6.65. The molecule has 0 aliphatic rings. The van der Waals surface area contributed by atoms with Crippen molar-refractivity contribution in [3.05, 3.63) is 51.2 Å². The van der Waals surface area contributed by atoms with Gasteiger partial charge in [0.05, 0.1) is 6.61 Å². The van der Waals surface area contributed by atoms with Gasteiger partial charge in [0.15, 0.2) is 0 Å². The van der Waals surface area contributed by atoms with Gasteiger partial charge in [-0.15, -0.1) is 23.1 Å². The van der Waals surface area contributed by atoms with Gasteiger partial charge in [-0.1, -0.05) is 29.5 Å². The number of thioether (sulfide) groups is 1. The Labute approximate surface area is 129 Å². The molecule has 2 rings (SSSR count). The van der Waals surface area contributed by atoms with E-state index in [0.717, 1.165) is 11.3 Å². The second-order valence-electron chi connectivity index (χ2n) is 4.63. The summed E-state index contributed by atoms with van der Waals surface area (Å²) < 4.78 is 0. The van der Waals surface area contributed by atoms with Crippen LogP contribution in [0.1, 0.15) is 28.0 Å². The average molecular weight is 302 g/mol. The summed E-state index contributed by atoms with van der Waals surface area (Å²) in [5, 5.41) is 10.8. The fraction of sp³-hybridized carbons (Fsp3) is 0.294. The van der Waals surface area contributed by atoms with Gasteiger partial charge in [0.2, 0.25) is 0 Å². The largest absolute Gasteiger partial charge is 0.395 e. The second kappa shape index (κ2) is 7.54. The highest BCUT2D eigenvalue weighted by molar-refractivity contribution is 7.98. The van der Waals surface area contributed by atoms with E-state index in [4.69, 9.17) is 5.11 Å². The van der Waals surface area contributed by atoms with Gasteiger partial charge in [-0.2, -0.15) is 0 Å². The molecule has 1 nitrogen and oxygen atoms in total. The van der Waals surface area contributed by atoms with E-state index in [9.17, 15) is 0 Å². The Hall–Kier alpha value is -1.21. The minimum Gasteiger partial charge on any atom is -0.395 e. The number of rotatable bonds is 4. The molecule has 0 aliphatic carbocycles. The van der Waals surface area contributed by atoms with Crippen LogP contribution in [0.2, 0.25) is 0 Å². The van der Waals surface area contributed by atoms with Crippen molar-refractivity contribution in [2.75, 3.05) is 6.61 Å². The minimum atomic E-state index is 0.131. The van der Waals surface area contributed by atoms with Crippen molar-refractivity contribution in [2.24, 2.45) is 0 Å². The van der Waals surface area contributed by atoms with E-state index >= 15 is 0 Å². The third-order valence-corrected chi connectivity index (χ3v) is 5.17. The molecule has 1 aromatic heterocycles. The molecular weight excluding hydrogens is 284 g/mol. The molecule has 20 heavy (non-hydrogen) atoms. The molecule has 0 radical (unpaired) electrons. The van der Waals surface area contributed by atoms with E-state index in [0.29, 0.717) is 6.42 Å². The lowest BCUT2D eigenvalue weighted by atomic mass is 10.2. The normalized spacial score (nSPS) is 10.2. The SMILES string of the molecule is Cc1ccc(SCc2cc(C#CCCO)cs2)c(C)c1. The molecule has 0 unspecified atom stereocenters. The number of hydrogen-bond donors (Lipinski definition) is 1. The number of hydrogen-bond acceptors (Lipinski definition) is 3. The molecule has 0 spiro atoms. The molecule has 0 atom stereocenters. The molecule has 0 saturated heterocycles. The molecule has 0 bridgehead atoms. The lowest BCUT2D eigenvalue weighted by Gasteiger charge is -2.05. The first kappa shape index (κ1) is 15.2. The zero-order valence-electron chi connectivity index (χ0n) is 11.8. The van der Waals surface area contributed by atoms with Gasteiger partial charge in [0.25, 0.3) is 0 Å². The molecule has 1 N–H and O–H groups in total. The number of benzene rings is 1. The predicted molar refractivity (Wildman–Crippen MR) is 88.4 cm³/mol. The van der Waals surface area contributed by atoms with Crippen molar-refractivity contribution in [3.8, 4) is 11.8 Å². The summed E-state index contributed by atoms with van der Waals surface area (Å²) in [6.07, 6.45) is 0.544. The van der Waals surface area contributed by atoms with Crippen LogP contribution in [0.3, 0.4) is 0 Å². The van der Waals surface area contributed by atoms with Crippen LogP contribution in [0, 0.1) is 25.7 Å². The summed E-state index contributed by atoms with van der Waals surface area (Å²) in [6, 6.07) is 8.73. The first-order valence-corrected chi connectivity index (χ1v) is 8.43. The Morgan fingerprint density at radius 1 is 1.25 bits per heavy atom. The lowest BCUT2D eigenvalue weighted by Crippen LogP contribution is -1.82. The first-order chi connectivity index (χ1) is 9.69. The maximum Gasteiger partial charge on any atom is 0.0540 e. The molecule has 0 aliphatic heterocycles. The molecule has 1 aromatic carbocycles. The number of thiophene rings is 1. The minimum absolute atomic E-state index is 0.131. The van der Waals surface area contributed by atoms with Gasteiger partial charge in [-0.25, -0.2) is 0 Å². The van der Waals surface area contributed by atoms with Gasteiger partial charge in [0, 0.05) is 32.9 Å². The maximum absolute atomic E-state index is 8.70. The molecule has 0 amide bonds. The molecule has 1 heterocycles. The molecule has 2 aromatic rings. The van der Waals surface area contributed by atoms with Gasteiger partial charge in [0.1, 0.15) is 0 Å². The summed E-state index contributed by atoms with van der Waals surface area (Å²) in [4.78, 5) is 2.68. The third kappa shape index (κ3) is 4.42. The summed E-state index contributed by atoms with van der Waals surface area (Å²) in [5.74, 6) is 7.01. The monoisotopic (exact) mass is 302 g/mol. The summed E-state index contributed by atoms with van der Waals surface area (Å²) in [5.41, 5.74) is 3.71. The number of aliphatic hydroxyl groups excluding tert-OH is 1. The quantitative estimate of drug-likeness (QED) is 0.667. The summed E-state index contributed by atoms with van der Waals surface area (Å²) >= 11 is 3.62. The van der Waals surface area contributed by atoms with Crippen molar-refractivity contribution in [2.45, 2.75) is 30.9 Å². The highest BCUT2D eigenvalue weighted by Crippen LogP contribution is 2.28. The molecule has 104 valence electrons. The van der Waals surface area contributed by atoms with Crippen LogP contribution in [0.15, 0.2) is 34.5 Å². The van der Waals surface area contributed by atoms with Gasteiger partial charge < -0.3 is 5.11 Å². The van der Waals surface area contributed by atoms with Crippen molar-refractivity contribution < 1.29 is 5.11 Å².